The predicted molar refractivity (Wildman–Crippen MR) is 95.8 cm³/mol. The van der Waals surface area contributed by atoms with Crippen LogP contribution in [0.3, 0.4) is 0 Å². The first-order valence-electron chi connectivity index (χ1n) is 8.48. The van der Waals surface area contributed by atoms with Gasteiger partial charge in [0.1, 0.15) is 29.6 Å². The van der Waals surface area contributed by atoms with Crippen LogP contribution in [0.4, 0.5) is 0 Å². The zero-order valence-electron chi connectivity index (χ0n) is 14.9. The number of aryl methyl sites for hydroxylation is 1. The molecule has 1 aliphatic heterocycles. The summed E-state index contributed by atoms with van der Waals surface area (Å²) in [7, 11) is 0. The van der Waals surface area contributed by atoms with Crippen LogP contribution in [0.15, 0.2) is 33.7 Å². The number of aliphatic hydroxyl groups is 1. The van der Waals surface area contributed by atoms with Gasteiger partial charge in [-0.3, -0.25) is 9.59 Å². The van der Waals surface area contributed by atoms with E-state index >= 15 is 0 Å². The van der Waals surface area contributed by atoms with Gasteiger partial charge in [-0.1, -0.05) is 0 Å². The fourth-order valence-electron chi connectivity index (χ4n) is 2.84. The van der Waals surface area contributed by atoms with Crippen LogP contribution in [0.1, 0.15) is 16.1 Å². The molecule has 1 aromatic carbocycles. The number of carbonyl (C=O) groups is 1. The van der Waals surface area contributed by atoms with Crippen molar-refractivity contribution >= 4 is 17.0 Å². The Morgan fingerprint density at radius 2 is 2.21 bits per heavy atom. The molecule has 4 rings (SSSR count). The van der Waals surface area contributed by atoms with Crippen molar-refractivity contribution in [1.29, 1.82) is 0 Å². The summed E-state index contributed by atoms with van der Waals surface area (Å²) < 4.78 is 21.3. The van der Waals surface area contributed by atoms with E-state index in [1.54, 1.807) is 25.1 Å². The van der Waals surface area contributed by atoms with E-state index in [1.165, 1.54) is 6.33 Å². The van der Waals surface area contributed by atoms with Crippen molar-refractivity contribution in [2.45, 2.75) is 13.0 Å². The number of aromatic amines is 1. The van der Waals surface area contributed by atoms with Gasteiger partial charge in [-0.15, -0.1) is 0 Å². The summed E-state index contributed by atoms with van der Waals surface area (Å²) >= 11 is 0. The van der Waals surface area contributed by atoms with E-state index < -0.39 is 17.6 Å². The molecule has 1 amide bonds. The predicted octanol–water partition coefficient (Wildman–Crippen LogP) is 0.723. The summed E-state index contributed by atoms with van der Waals surface area (Å²) in [5.74, 6) is 1.43. The van der Waals surface area contributed by atoms with Gasteiger partial charge >= 0.3 is 0 Å². The van der Waals surface area contributed by atoms with Crippen LogP contribution in [-0.2, 0) is 0 Å². The summed E-state index contributed by atoms with van der Waals surface area (Å²) in [6, 6.07) is 5.07. The topological polar surface area (TPSA) is 136 Å². The van der Waals surface area contributed by atoms with Gasteiger partial charge in [-0.2, -0.15) is 0 Å². The monoisotopic (exact) mass is 387 g/mol. The Morgan fingerprint density at radius 1 is 1.39 bits per heavy atom. The lowest BCUT2D eigenvalue weighted by molar-refractivity contribution is 0.0843. The summed E-state index contributed by atoms with van der Waals surface area (Å²) in [5.41, 5.74) is -0.301. The largest absolute Gasteiger partial charge is 0.491 e. The minimum Gasteiger partial charge on any atom is -0.491 e. The van der Waals surface area contributed by atoms with E-state index in [1.807, 2.05) is 0 Å². The number of furan rings is 1. The Kier molecular flexibility index (Phi) is 4.62. The van der Waals surface area contributed by atoms with Gasteiger partial charge in [0.2, 0.25) is 12.5 Å². The second-order valence-electron chi connectivity index (χ2n) is 6.13. The van der Waals surface area contributed by atoms with Crippen molar-refractivity contribution in [3.05, 3.63) is 46.2 Å². The van der Waals surface area contributed by atoms with Crippen LogP contribution in [0.25, 0.3) is 11.1 Å². The lowest BCUT2D eigenvalue weighted by Gasteiger charge is -2.13. The molecule has 1 atom stereocenters. The van der Waals surface area contributed by atoms with Crippen molar-refractivity contribution in [3.8, 4) is 17.2 Å². The maximum absolute atomic E-state index is 12.5. The Morgan fingerprint density at radius 3 is 3.07 bits per heavy atom. The fourth-order valence-corrected chi connectivity index (χ4v) is 2.84. The van der Waals surface area contributed by atoms with Crippen molar-refractivity contribution < 1.29 is 28.5 Å². The first kappa shape index (κ1) is 17.9. The highest BCUT2D eigenvalue weighted by molar-refractivity contribution is 6.06. The van der Waals surface area contributed by atoms with E-state index in [0.717, 1.165) is 0 Å². The Hall–Kier alpha value is -3.53. The van der Waals surface area contributed by atoms with Crippen LogP contribution >= 0.6 is 0 Å². The SMILES string of the molecule is Cc1oc2nc[nH]c(=O)c2c1C(=O)NCC(O)COc1ccc2c(c1)OCO2. The summed E-state index contributed by atoms with van der Waals surface area (Å²) in [6.07, 6.45) is 0.233. The zero-order valence-corrected chi connectivity index (χ0v) is 14.9. The molecule has 146 valence electrons. The number of nitrogens with zero attached hydrogens (tertiary/aromatic N) is 1. The molecule has 0 saturated carbocycles. The van der Waals surface area contributed by atoms with Gasteiger partial charge in [0, 0.05) is 12.6 Å². The summed E-state index contributed by atoms with van der Waals surface area (Å²) in [4.78, 5) is 30.7. The average molecular weight is 387 g/mol. The first-order chi connectivity index (χ1) is 13.5. The Balaban J connectivity index is 1.36. The van der Waals surface area contributed by atoms with Crippen LogP contribution in [0.2, 0.25) is 0 Å². The molecule has 3 aromatic rings. The van der Waals surface area contributed by atoms with Gasteiger partial charge in [-0.05, 0) is 19.1 Å². The number of hydrogen-bond acceptors (Lipinski definition) is 8. The van der Waals surface area contributed by atoms with Crippen LogP contribution in [0.5, 0.6) is 17.2 Å². The molecule has 0 saturated heterocycles. The lowest BCUT2D eigenvalue weighted by atomic mass is 10.2. The van der Waals surface area contributed by atoms with E-state index in [0.29, 0.717) is 17.2 Å². The van der Waals surface area contributed by atoms with Crippen molar-refractivity contribution in [2.24, 2.45) is 0 Å². The molecule has 0 spiro atoms. The van der Waals surface area contributed by atoms with Gasteiger partial charge in [-0.25, -0.2) is 4.98 Å². The number of hydrogen-bond donors (Lipinski definition) is 3. The number of ether oxygens (including phenoxy) is 3. The highest BCUT2D eigenvalue weighted by Gasteiger charge is 2.22. The van der Waals surface area contributed by atoms with Crippen molar-refractivity contribution in [2.75, 3.05) is 19.9 Å². The molecule has 0 bridgehead atoms. The second kappa shape index (κ2) is 7.24. The normalized spacial score (nSPS) is 13.5. The molecule has 0 radical (unpaired) electrons. The Bertz CT molecular complexity index is 1090. The van der Waals surface area contributed by atoms with Gasteiger partial charge in [0.15, 0.2) is 11.5 Å². The third-order valence-corrected chi connectivity index (χ3v) is 4.18. The minimum absolute atomic E-state index is 0.0484. The number of fused-ring (bicyclic) bond motifs is 2. The smallest absolute Gasteiger partial charge is 0.262 e. The van der Waals surface area contributed by atoms with Crippen LogP contribution in [0, 0.1) is 6.92 Å². The van der Waals surface area contributed by atoms with Crippen LogP contribution in [-0.4, -0.2) is 47.0 Å². The number of benzene rings is 1. The summed E-state index contributed by atoms with van der Waals surface area (Å²) in [6.45, 7) is 1.60. The zero-order chi connectivity index (χ0) is 19.7. The molecule has 1 unspecified atom stereocenters. The maximum Gasteiger partial charge on any atom is 0.262 e. The number of rotatable bonds is 6. The van der Waals surface area contributed by atoms with E-state index in [2.05, 4.69) is 15.3 Å². The van der Waals surface area contributed by atoms with E-state index in [-0.39, 0.29) is 42.4 Å². The van der Waals surface area contributed by atoms with Crippen molar-refractivity contribution in [1.82, 2.24) is 15.3 Å². The van der Waals surface area contributed by atoms with Gasteiger partial charge in [0.25, 0.3) is 11.5 Å². The molecule has 28 heavy (non-hydrogen) atoms. The minimum atomic E-state index is -0.968. The molecule has 3 N–H and O–H groups in total. The number of aromatic nitrogens is 2. The quantitative estimate of drug-likeness (QED) is 0.563. The number of aliphatic hydroxyl groups excluding tert-OH is 1. The molecule has 10 nitrogen and oxygen atoms in total. The van der Waals surface area contributed by atoms with E-state index in [9.17, 15) is 14.7 Å². The molecular formula is C18H17N3O7. The standard InChI is InChI=1S/C18H17N3O7/c1-9-14(15-17(24)20-7-21-18(15)28-9)16(23)19-5-10(22)6-25-11-2-3-12-13(4-11)27-8-26-12/h2-4,7,10,22H,5-6,8H2,1H3,(H,19,23)(H,20,21,24). The van der Waals surface area contributed by atoms with Gasteiger partial charge in [0.05, 0.1) is 11.9 Å². The van der Waals surface area contributed by atoms with Gasteiger partial charge < -0.3 is 34.0 Å². The number of nitrogens with one attached hydrogen (secondary N) is 2. The van der Waals surface area contributed by atoms with E-state index in [4.69, 9.17) is 18.6 Å². The first-order valence-corrected chi connectivity index (χ1v) is 8.48. The molecule has 0 fully saturated rings. The average Bonchev–Trinajstić information content (AvgIpc) is 3.28. The molecule has 1 aliphatic rings. The highest BCUT2D eigenvalue weighted by Crippen LogP contribution is 2.35. The third kappa shape index (κ3) is 3.37. The highest BCUT2D eigenvalue weighted by atomic mass is 16.7. The third-order valence-electron chi connectivity index (χ3n) is 4.18. The van der Waals surface area contributed by atoms with Crippen molar-refractivity contribution in [3.63, 3.8) is 0 Å². The second-order valence-corrected chi connectivity index (χ2v) is 6.13. The number of H-pyrrole nitrogens is 1. The lowest BCUT2D eigenvalue weighted by Crippen LogP contribution is -2.35. The molecule has 2 aromatic heterocycles. The summed E-state index contributed by atoms with van der Waals surface area (Å²) in [5, 5.41) is 12.7. The molecule has 3 heterocycles. The molecular weight excluding hydrogens is 370 g/mol. The number of carbonyl (C=O) groups excluding carboxylic acids is 1. The van der Waals surface area contributed by atoms with Crippen LogP contribution < -0.4 is 25.1 Å². The molecule has 0 aliphatic carbocycles. The number of amides is 1. The Labute approximate surface area is 158 Å². The fraction of sp³-hybridized carbons (Fsp3) is 0.278. The maximum atomic E-state index is 12.5. The molecule has 10 heteroatoms.